The molecular weight excluding hydrogens is 254 g/mol. The van der Waals surface area contributed by atoms with Crippen LogP contribution in [0, 0.1) is 25.5 Å². The van der Waals surface area contributed by atoms with Crippen LogP contribution >= 0.6 is 0 Å². The topological polar surface area (TPSA) is 43.4 Å². The molecular formula is C14H14F2O3. The van der Waals surface area contributed by atoms with E-state index >= 15 is 0 Å². The second-order valence-corrected chi connectivity index (χ2v) is 4.01. The van der Waals surface area contributed by atoms with Gasteiger partial charge in [0.1, 0.15) is 5.57 Å². The Balaban J connectivity index is 3.43. The minimum absolute atomic E-state index is 0.0163. The van der Waals surface area contributed by atoms with Gasteiger partial charge in [-0.2, -0.15) is 0 Å². The minimum Gasteiger partial charge on any atom is -0.465 e. The Hall–Kier alpha value is -2.04. The summed E-state index contributed by atoms with van der Waals surface area (Å²) in [7, 11) is 1.14. The Morgan fingerprint density at radius 1 is 1.26 bits per heavy atom. The van der Waals surface area contributed by atoms with Crippen LogP contribution in [-0.2, 0) is 9.53 Å². The number of aryl methyl sites for hydroxylation is 1. The van der Waals surface area contributed by atoms with Crippen molar-refractivity contribution in [2.75, 3.05) is 7.11 Å². The molecule has 1 aromatic carbocycles. The molecule has 0 aliphatic rings. The van der Waals surface area contributed by atoms with Gasteiger partial charge in [-0.05, 0) is 38.0 Å². The average molecular weight is 268 g/mol. The number of halogens is 2. The van der Waals surface area contributed by atoms with Crippen LogP contribution in [0.25, 0.3) is 0 Å². The van der Waals surface area contributed by atoms with E-state index < -0.39 is 23.4 Å². The highest BCUT2D eigenvalue weighted by Gasteiger charge is 2.25. The molecule has 1 rings (SSSR count). The van der Waals surface area contributed by atoms with Crippen molar-refractivity contribution < 1.29 is 23.1 Å². The van der Waals surface area contributed by atoms with Crippen molar-refractivity contribution in [2.45, 2.75) is 20.8 Å². The second kappa shape index (κ2) is 5.73. The molecule has 0 heterocycles. The zero-order valence-corrected chi connectivity index (χ0v) is 11.1. The number of ketones is 1. The number of carbonyl (C=O) groups is 2. The van der Waals surface area contributed by atoms with E-state index in [0.29, 0.717) is 0 Å². The number of carbonyl (C=O) groups excluding carboxylic acids is 2. The van der Waals surface area contributed by atoms with Crippen LogP contribution in [0.1, 0.15) is 28.4 Å². The van der Waals surface area contributed by atoms with Crippen LogP contribution in [0.3, 0.4) is 0 Å². The van der Waals surface area contributed by atoms with Crippen LogP contribution in [0.4, 0.5) is 8.78 Å². The fourth-order valence-corrected chi connectivity index (χ4v) is 1.85. The molecule has 0 atom stereocenters. The normalized spacial score (nSPS) is 11.4. The molecule has 102 valence electrons. The number of benzene rings is 1. The highest BCUT2D eigenvalue weighted by atomic mass is 19.2. The first-order valence-electron chi connectivity index (χ1n) is 5.59. The molecule has 1 aromatic rings. The Morgan fingerprint density at radius 3 is 2.32 bits per heavy atom. The van der Waals surface area contributed by atoms with Crippen LogP contribution < -0.4 is 0 Å². The lowest BCUT2D eigenvalue weighted by molar-refractivity contribution is -0.135. The van der Waals surface area contributed by atoms with E-state index in [1.807, 2.05) is 0 Å². The molecule has 0 saturated heterocycles. The van der Waals surface area contributed by atoms with Crippen molar-refractivity contribution in [3.63, 3.8) is 0 Å². The summed E-state index contributed by atoms with van der Waals surface area (Å²) in [4.78, 5) is 23.7. The van der Waals surface area contributed by atoms with Gasteiger partial charge in [-0.3, -0.25) is 4.79 Å². The number of methoxy groups -OCH3 is 1. The Kier molecular flexibility index (Phi) is 4.53. The van der Waals surface area contributed by atoms with Gasteiger partial charge in [-0.25, -0.2) is 13.6 Å². The lowest BCUT2D eigenvalue weighted by atomic mass is 9.94. The van der Waals surface area contributed by atoms with Crippen molar-refractivity contribution in [3.05, 3.63) is 46.0 Å². The predicted octanol–water partition coefficient (Wildman–Crippen LogP) is 2.88. The smallest absolute Gasteiger partial charge is 0.341 e. The van der Waals surface area contributed by atoms with E-state index in [1.54, 1.807) is 0 Å². The van der Waals surface area contributed by atoms with E-state index in [1.165, 1.54) is 26.8 Å². The number of rotatable bonds is 3. The van der Waals surface area contributed by atoms with Crippen LogP contribution in [0.5, 0.6) is 0 Å². The summed E-state index contributed by atoms with van der Waals surface area (Å²) in [6.07, 6.45) is 1.29. The third-order valence-corrected chi connectivity index (χ3v) is 2.82. The SMILES string of the molecule is CC=C(C(=O)OC)C(=O)c1c(C)cc(F)c(F)c1C. The maximum Gasteiger partial charge on any atom is 0.341 e. The summed E-state index contributed by atoms with van der Waals surface area (Å²) in [6, 6.07) is 0.931. The van der Waals surface area contributed by atoms with Crippen molar-refractivity contribution in [1.82, 2.24) is 0 Å². The number of ether oxygens (including phenoxy) is 1. The van der Waals surface area contributed by atoms with Gasteiger partial charge in [0.15, 0.2) is 11.6 Å². The molecule has 0 spiro atoms. The summed E-state index contributed by atoms with van der Waals surface area (Å²) in [5, 5.41) is 0. The first-order chi connectivity index (χ1) is 8.84. The Labute approximate surface area is 109 Å². The zero-order chi connectivity index (χ0) is 14.7. The summed E-state index contributed by atoms with van der Waals surface area (Å²) in [5.74, 6) is -3.60. The monoisotopic (exact) mass is 268 g/mol. The first kappa shape index (κ1) is 15.0. The number of hydrogen-bond acceptors (Lipinski definition) is 3. The molecule has 0 fully saturated rings. The molecule has 0 radical (unpaired) electrons. The van der Waals surface area contributed by atoms with Crippen molar-refractivity contribution >= 4 is 11.8 Å². The zero-order valence-electron chi connectivity index (χ0n) is 11.1. The molecule has 0 N–H and O–H groups in total. The van der Waals surface area contributed by atoms with Gasteiger partial charge in [0.2, 0.25) is 5.78 Å². The Bertz CT molecular complexity index is 575. The van der Waals surface area contributed by atoms with E-state index in [9.17, 15) is 18.4 Å². The van der Waals surface area contributed by atoms with Gasteiger partial charge in [-0.15, -0.1) is 0 Å². The third kappa shape index (κ3) is 2.70. The molecule has 3 nitrogen and oxygen atoms in total. The van der Waals surface area contributed by atoms with Gasteiger partial charge in [0.25, 0.3) is 0 Å². The quantitative estimate of drug-likeness (QED) is 0.278. The maximum absolute atomic E-state index is 13.5. The number of Topliss-reactive ketones (excluding diaryl/α,β-unsaturated/α-hetero) is 1. The summed E-state index contributed by atoms with van der Waals surface area (Å²) >= 11 is 0. The molecule has 19 heavy (non-hydrogen) atoms. The minimum atomic E-state index is -1.09. The summed E-state index contributed by atoms with van der Waals surface area (Å²) < 4.78 is 31.2. The summed E-state index contributed by atoms with van der Waals surface area (Å²) in [5.41, 5.74) is -0.0764. The third-order valence-electron chi connectivity index (χ3n) is 2.82. The lowest BCUT2D eigenvalue weighted by Crippen LogP contribution is -2.17. The van der Waals surface area contributed by atoms with Crippen LogP contribution in [0.2, 0.25) is 0 Å². The fraction of sp³-hybridized carbons (Fsp3) is 0.286. The molecule has 0 amide bonds. The van der Waals surface area contributed by atoms with E-state index in [4.69, 9.17) is 0 Å². The molecule has 0 aromatic heterocycles. The van der Waals surface area contributed by atoms with Gasteiger partial charge in [-0.1, -0.05) is 6.08 Å². The van der Waals surface area contributed by atoms with E-state index in [2.05, 4.69) is 4.74 Å². The summed E-state index contributed by atoms with van der Waals surface area (Å²) in [6.45, 7) is 4.27. The van der Waals surface area contributed by atoms with E-state index in [-0.39, 0.29) is 22.3 Å². The molecule has 0 aliphatic carbocycles. The van der Waals surface area contributed by atoms with Gasteiger partial charge < -0.3 is 4.74 Å². The number of esters is 1. The maximum atomic E-state index is 13.5. The predicted molar refractivity (Wildman–Crippen MR) is 65.9 cm³/mol. The molecule has 0 aliphatic heterocycles. The van der Waals surface area contributed by atoms with Crippen LogP contribution in [-0.4, -0.2) is 18.9 Å². The van der Waals surface area contributed by atoms with Gasteiger partial charge in [0.05, 0.1) is 7.11 Å². The second-order valence-electron chi connectivity index (χ2n) is 4.01. The van der Waals surface area contributed by atoms with E-state index in [0.717, 1.165) is 13.2 Å². The molecule has 0 unspecified atom stereocenters. The Morgan fingerprint density at radius 2 is 1.84 bits per heavy atom. The molecule has 0 bridgehead atoms. The molecule has 5 heteroatoms. The number of allylic oxidation sites excluding steroid dienone is 1. The largest absolute Gasteiger partial charge is 0.465 e. The highest BCUT2D eigenvalue weighted by molar-refractivity contribution is 6.25. The fourth-order valence-electron chi connectivity index (χ4n) is 1.85. The molecule has 0 saturated carbocycles. The first-order valence-corrected chi connectivity index (χ1v) is 5.59. The number of hydrogen-bond donors (Lipinski definition) is 0. The van der Waals surface area contributed by atoms with Gasteiger partial charge in [0, 0.05) is 5.56 Å². The lowest BCUT2D eigenvalue weighted by Gasteiger charge is -2.11. The standard InChI is InChI=1S/C14H14F2O3/c1-5-9(14(18)19-4)13(17)11-7(2)6-10(15)12(16)8(11)3/h5-6H,1-4H3. The van der Waals surface area contributed by atoms with Crippen LogP contribution in [0.15, 0.2) is 17.7 Å². The van der Waals surface area contributed by atoms with Crippen molar-refractivity contribution in [1.29, 1.82) is 0 Å². The average Bonchev–Trinajstić information content (AvgIpc) is 2.36. The van der Waals surface area contributed by atoms with Crippen molar-refractivity contribution in [2.24, 2.45) is 0 Å². The van der Waals surface area contributed by atoms with Gasteiger partial charge >= 0.3 is 5.97 Å². The van der Waals surface area contributed by atoms with Crippen molar-refractivity contribution in [3.8, 4) is 0 Å². The highest BCUT2D eigenvalue weighted by Crippen LogP contribution is 2.23.